The van der Waals surface area contributed by atoms with Gasteiger partial charge in [-0.1, -0.05) is 0 Å². The Morgan fingerprint density at radius 1 is 1.23 bits per heavy atom. The van der Waals surface area contributed by atoms with E-state index in [4.69, 9.17) is 0 Å². The number of carbonyl (C=O) groups excluding carboxylic acids is 2. The summed E-state index contributed by atoms with van der Waals surface area (Å²) in [6.07, 6.45) is -4.77. The normalized spacial score (nSPS) is 11.0. The predicted octanol–water partition coefficient (Wildman–Crippen LogP) is 1.63. The van der Waals surface area contributed by atoms with Crippen LogP contribution in [0.3, 0.4) is 0 Å². The molecule has 0 radical (unpaired) electrons. The molecule has 122 valence electrons. The number of amides is 2. The lowest BCUT2D eigenvalue weighted by Crippen LogP contribution is -2.36. The highest BCUT2D eigenvalue weighted by Gasteiger charge is 2.30. The molecule has 0 saturated carbocycles. The molecule has 2 amide bonds. The Bertz CT molecular complexity index is 517. The number of anilines is 1. The van der Waals surface area contributed by atoms with Crippen LogP contribution in [0.2, 0.25) is 0 Å². The lowest BCUT2D eigenvalue weighted by Gasteiger charge is -2.16. The van der Waals surface area contributed by atoms with E-state index in [0.717, 1.165) is 12.1 Å². The van der Waals surface area contributed by atoms with E-state index < -0.39 is 18.0 Å². The number of ether oxygens (including phenoxy) is 2. The molecule has 1 aromatic rings. The zero-order valence-corrected chi connectivity index (χ0v) is 11.9. The Labute approximate surface area is 124 Å². The number of carbonyl (C=O) groups is 2. The van der Waals surface area contributed by atoms with Gasteiger partial charge in [-0.05, 0) is 24.3 Å². The maximum absolute atomic E-state index is 12.0. The summed E-state index contributed by atoms with van der Waals surface area (Å²) in [5, 5.41) is 2.45. The van der Waals surface area contributed by atoms with Crippen LogP contribution in [-0.2, 0) is 14.3 Å². The minimum Gasteiger partial charge on any atom is -0.406 e. The van der Waals surface area contributed by atoms with Crippen LogP contribution in [0.5, 0.6) is 5.75 Å². The third-order valence-electron chi connectivity index (χ3n) is 2.45. The Morgan fingerprint density at radius 3 is 2.32 bits per heavy atom. The van der Waals surface area contributed by atoms with Crippen molar-refractivity contribution in [3.05, 3.63) is 24.3 Å². The summed E-state index contributed by atoms with van der Waals surface area (Å²) in [4.78, 5) is 24.3. The van der Waals surface area contributed by atoms with Crippen molar-refractivity contribution in [2.75, 3.05) is 32.6 Å². The molecule has 1 aromatic carbocycles. The van der Waals surface area contributed by atoms with Gasteiger partial charge in [0.05, 0.1) is 6.54 Å². The fourth-order valence-electron chi connectivity index (χ4n) is 1.48. The minimum atomic E-state index is -4.77. The van der Waals surface area contributed by atoms with Gasteiger partial charge < -0.3 is 19.7 Å². The fourth-order valence-corrected chi connectivity index (χ4v) is 1.48. The van der Waals surface area contributed by atoms with E-state index in [1.807, 2.05) is 0 Å². The fraction of sp³-hybridized carbons (Fsp3) is 0.385. The number of likely N-dealkylation sites (N-methyl/N-ethyl adjacent to an activating group) is 1. The van der Waals surface area contributed by atoms with E-state index in [0.29, 0.717) is 0 Å². The van der Waals surface area contributed by atoms with Crippen molar-refractivity contribution in [2.45, 2.75) is 6.36 Å². The van der Waals surface area contributed by atoms with Crippen molar-refractivity contribution >= 4 is 17.5 Å². The molecule has 0 saturated heterocycles. The van der Waals surface area contributed by atoms with Gasteiger partial charge in [-0.2, -0.15) is 0 Å². The first kappa shape index (κ1) is 17.8. The number of nitrogens with one attached hydrogen (secondary N) is 1. The van der Waals surface area contributed by atoms with E-state index in [9.17, 15) is 22.8 Å². The van der Waals surface area contributed by atoms with Crippen LogP contribution >= 0.6 is 0 Å². The zero-order chi connectivity index (χ0) is 16.8. The molecule has 0 heterocycles. The molecule has 0 fully saturated rings. The maximum atomic E-state index is 12.0. The van der Waals surface area contributed by atoms with Gasteiger partial charge in [0.25, 0.3) is 0 Å². The standard InChI is InChI=1S/C13H15F3N2O4/c1-18(12(20)8-21-2)7-11(19)17-9-3-5-10(6-4-9)22-13(14,15)16/h3-6H,7-8H2,1-2H3,(H,17,19). The molecule has 6 nitrogen and oxygen atoms in total. The number of halogens is 3. The van der Waals surface area contributed by atoms with E-state index in [1.54, 1.807) is 0 Å². The summed E-state index contributed by atoms with van der Waals surface area (Å²) >= 11 is 0. The van der Waals surface area contributed by atoms with Gasteiger partial charge in [0.15, 0.2) is 0 Å². The van der Waals surface area contributed by atoms with Gasteiger partial charge in [0.2, 0.25) is 11.8 Å². The molecular formula is C13H15F3N2O4. The molecule has 1 N–H and O–H groups in total. The van der Waals surface area contributed by atoms with Crippen molar-refractivity contribution in [2.24, 2.45) is 0 Å². The monoisotopic (exact) mass is 320 g/mol. The van der Waals surface area contributed by atoms with Crippen molar-refractivity contribution in [3.63, 3.8) is 0 Å². The van der Waals surface area contributed by atoms with Gasteiger partial charge >= 0.3 is 6.36 Å². The van der Waals surface area contributed by atoms with Crippen molar-refractivity contribution < 1.29 is 32.2 Å². The molecule has 1 rings (SSSR count). The van der Waals surface area contributed by atoms with Gasteiger partial charge in [-0.15, -0.1) is 13.2 Å². The molecule has 0 aromatic heterocycles. The largest absolute Gasteiger partial charge is 0.573 e. The van der Waals surface area contributed by atoms with Gasteiger partial charge in [-0.3, -0.25) is 9.59 Å². The second kappa shape index (κ2) is 7.64. The van der Waals surface area contributed by atoms with Crippen LogP contribution in [0.25, 0.3) is 0 Å². The number of benzene rings is 1. The first-order valence-electron chi connectivity index (χ1n) is 6.10. The van der Waals surface area contributed by atoms with Crippen LogP contribution in [0.1, 0.15) is 0 Å². The van der Waals surface area contributed by atoms with Crippen molar-refractivity contribution in [1.29, 1.82) is 0 Å². The number of hydrogen-bond donors (Lipinski definition) is 1. The number of methoxy groups -OCH3 is 1. The third-order valence-corrected chi connectivity index (χ3v) is 2.45. The molecular weight excluding hydrogens is 305 g/mol. The summed E-state index contributed by atoms with van der Waals surface area (Å²) in [5.41, 5.74) is 0.284. The summed E-state index contributed by atoms with van der Waals surface area (Å²) in [7, 11) is 2.79. The average Bonchev–Trinajstić information content (AvgIpc) is 2.39. The number of nitrogens with zero attached hydrogens (tertiary/aromatic N) is 1. The van der Waals surface area contributed by atoms with E-state index in [1.165, 1.54) is 31.2 Å². The summed E-state index contributed by atoms with van der Waals surface area (Å²) < 4.78 is 44.3. The summed E-state index contributed by atoms with van der Waals surface area (Å²) in [5.74, 6) is -1.25. The molecule has 0 aliphatic rings. The molecule has 0 bridgehead atoms. The van der Waals surface area contributed by atoms with Crippen molar-refractivity contribution in [3.8, 4) is 5.75 Å². The summed E-state index contributed by atoms with van der Waals surface area (Å²) in [6, 6.07) is 4.66. The van der Waals surface area contributed by atoms with Crippen molar-refractivity contribution in [1.82, 2.24) is 4.90 Å². The molecule has 0 aliphatic carbocycles. The number of rotatable bonds is 6. The zero-order valence-electron chi connectivity index (χ0n) is 11.9. The van der Waals surface area contributed by atoms with Crippen LogP contribution in [0, 0.1) is 0 Å². The predicted molar refractivity (Wildman–Crippen MR) is 71.3 cm³/mol. The Hall–Kier alpha value is -2.29. The second-order valence-electron chi connectivity index (χ2n) is 4.30. The lowest BCUT2D eigenvalue weighted by atomic mass is 10.3. The molecule has 0 spiro atoms. The van der Waals surface area contributed by atoms with Gasteiger partial charge in [0.1, 0.15) is 12.4 Å². The van der Waals surface area contributed by atoms with E-state index in [2.05, 4.69) is 14.8 Å². The van der Waals surface area contributed by atoms with Crippen LogP contribution in [-0.4, -0.2) is 50.4 Å². The lowest BCUT2D eigenvalue weighted by molar-refractivity contribution is -0.274. The van der Waals surface area contributed by atoms with E-state index in [-0.39, 0.29) is 24.7 Å². The quantitative estimate of drug-likeness (QED) is 0.865. The molecule has 0 aliphatic heterocycles. The third kappa shape index (κ3) is 6.44. The molecule has 0 unspecified atom stereocenters. The SMILES string of the molecule is COCC(=O)N(C)CC(=O)Nc1ccc(OC(F)(F)F)cc1. The Kier molecular flexibility index (Phi) is 6.17. The molecule has 9 heteroatoms. The highest BCUT2D eigenvalue weighted by Crippen LogP contribution is 2.23. The second-order valence-corrected chi connectivity index (χ2v) is 4.30. The van der Waals surface area contributed by atoms with Crippen LogP contribution in [0.4, 0.5) is 18.9 Å². The summed E-state index contributed by atoms with van der Waals surface area (Å²) in [6.45, 7) is -0.351. The average molecular weight is 320 g/mol. The first-order valence-corrected chi connectivity index (χ1v) is 6.10. The maximum Gasteiger partial charge on any atom is 0.573 e. The van der Waals surface area contributed by atoms with Crippen LogP contribution in [0.15, 0.2) is 24.3 Å². The highest BCUT2D eigenvalue weighted by molar-refractivity contribution is 5.94. The van der Waals surface area contributed by atoms with Gasteiger partial charge in [-0.25, -0.2) is 0 Å². The topological polar surface area (TPSA) is 67.9 Å². The minimum absolute atomic E-state index is 0.146. The Balaban J connectivity index is 2.53. The van der Waals surface area contributed by atoms with E-state index >= 15 is 0 Å². The highest BCUT2D eigenvalue weighted by atomic mass is 19.4. The van der Waals surface area contributed by atoms with Crippen LogP contribution < -0.4 is 10.1 Å². The number of hydrogen-bond acceptors (Lipinski definition) is 4. The molecule has 0 atom stereocenters. The first-order chi connectivity index (χ1) is 10.2. The van der Waals surface area contributed by atoms with Gasteiger partial charge in [0, 0.05) is 19.8 Å². The smallest absolute Gasteiger partial charge is 0.406 e. The Morgan fingerprint density at radius 2 is 1.82 bits per heavy atom. The molecule has 22 heavy (non-hydrogen) atoms. The number of alkyl halides is 3.